The highest BCUT2D eigenvalue weighted by molar-refractivity contribution is 6.29. The van der Waals surface area contributed by atoms with Gasteiger partial charge in [0, 0.05) is 36.4 Å². The van der Waals surface area contributed by atoms with Crippen molar-refractivity contribution in [3.63, 3.8) is 0 Å². The predicted molar refractivity (Wildman–Crippen MR) is 106 cm³/mol. The molecule has 25 heavy (non-hydrogen) atoms. The van der Waals surface area contributed by atoms with Crippen molar-refractivity contribution in [3.05, 3.63) is 84.6 Å². The highest BCUT2D eigenvalue weighted by Crippen LogP contribution is 2.17. The van der Waals surface area contributed by atoms with E-state index in [2.05, 4.69) is 23.1 Å². The van der Waals surface area contributed by atoms with Gasteiger partial charge in [-0.2, -0.15) is 0 Å². The summed E-state index contributed by atoms with van der Waals surface area (Å²) in [4.78, 5) is 10.2. The Morgan fingerprint density at radius 1 is 1.40 bits per heavy atom. The minimum Gasteiger partial charge on any atom is -0.362 e. The molecule has 0 aliphatic heterocycles. The highest BCUT2D eigenvalue weighted by atomic mass is 35.5. The fraction of sp³-hybridized carbons (Fsp3) is 0.200. The number of hydrogen-bond donors (Lipinski definition) is 0. The SMILES string of the molecule is C=C/C=C\N=C\CN(C/C=C\C(F)=C/CC)C(=C)c1ccc(Cl)nc1. The average molecular weight is 360 g/mol. The van der Waals surface area contributed by atoms with Crippen LogP contribution in [-0.4, -0.2) is 29.2 Å². The van der Waals surface area contributed by atoms with Crippen LogP contribution in [0.25, 0.3) is 5.70 Å². The van der Waals surface area contributed by atoms with Crippen molar-refractivity contribution in [2.45, 2.75) is 13.3 Å². The van der Waals surface area contributed by atoms with Gasteiger partial charge in [-0.05, 0) is 36.8 Å². The van der Waals surface area contributed by atoms with Crippen molar-refractivity contribution >= 4 is 23.5 Å². The molecule has 1 rings (SSSR count). The van der Waals surface area contributed by atoms with Gasteiger partial charge in [0.15, 0.2) is 0 Å². The van der Waals surface area contributed by atoms with Crippen LogP contribution in [0.5, 0.6) is 0 Å². The van der Waals surface area contributed by atoms with Gasteiger partial charge in [0.1, 0.15) is 11.0 Å². The van der Waals surface area contributed by atoms with E-state index in [1.807, 2.05) is 17.9 Å². The first kappa shape index (κ1) is 20.6. The van der Waals surface area contributed by atoms with Gasteiger partial charge in [0.05, 0.1) is 6.54 Å². The van der Waals surface area contributed by atoms with Gasteiger partial charge in [-0.25, -0.2) is 9.37 Å². The Kier molecular flexibility index (Phi) is 9.87. The zero-order valence-electron chi connectivity index (χ0n) is 14.4. The summed E-state index contributed by atoms with van der Waals surface area (Å²) in [5.41, 5.74) is 1.60. The van der Waals surface area contributed by atoms with Gasteiger partial charge in [-0.3, -0.25) is 4.99 Å². The lowest BCUT2D eigenvalue weighted by atomic mass is 10.2. The summed E-state index contributed by atoms with van der Waals surface area (Å²) in [5.74, 6) is -0.246. The van der Waals surface area contributed by atoms with Crippen molar-refractivity contribution in [2.24, 2.45) is 4.99 Å². The molecule has 0 aliphatic carbocycles. The van der Waals surface area contributed by atoms with Gasteiger partial charge in [-0.1, -0.05) is 43.8 Å². The van der Waals surface area contributed by atoms with Crippen LogP contribution < -0.4 is 0 Å². The molecule has 0 saturated carbocycles. The lowest BCUT2D eigenvalue weighted by molar-refractivity contribution is 0.504. The quantitative estimate of drug-likeness (QED) is 0.309. The Bertz CT molecular complexity index is 673. The van der Waals surface area contributed by atoms with Crippen LogP contribution in [0.1, 0.15) is 18.9 Å². The monoisotopic (exact) mass is 359 g/mol. The first-order valence-corrected chi connectivity index (χ1v) is 8.33. The van der Waals surface area contributed by atoms with Crippen molar-refractivity contribution < 1.29 is 4.39 Å². The van der Waals surface area contributed by atoms with E-state index in [-0.39, 0.29) is 5.83 Å². The fourth-order valence-corrected chi connectivity index (χ4v) is 2.01. The lowest BCUT2D eigenvalue weighted by Gasteiger charge is -2.23. The molecule has 0 bridgehead atoms. The maximum absolute atomic E-state index is 13.5. The Morgan fingerprint density at radius 2 is 2.20 bits per heavy atom. The fourth-order valence-electron chi connectivity index (χ4n) is 1.90. The third-order valence-corrected chi connectivity index (χ3v) is 3.38. The molecule has 5 heteroatoms. The van der Waals surface area contributed by atoms with Crippen LogP contribution in [0.2, 0.25) is 5.15 Å². The number of halogens is 2. The molecule has 1 aromatic heterocycles. The number of nitrogens with zero attached hydrogens (tertiary/aromatic N) is 3. The minimum atomic E-state index is -0.246. The molecule has 0 atom stereocenters. The maximum Gasteiger partial charge on any atom is 0.129 e. The predicted octanol–water partition coefficient (Wildman–Crippen LogP) is 5.60. The van der Waals surface area contributed by atoms with Gasteiger partial charge < -0.3 is 4.90 Å². The van der Waals surface area contributed by atoms with Crippen LogP contribution in [0.4, 0.5) is 4.39 Å². The molecule has 0 unspecified atom stereocenters. The second-order valence-corrected chi connectivity index (χ2v) is 5.42. The number of allylic oxidation sites excluding steroid dienone is 5. The van der Waals surface area contributed by atoms with E-state index in [9.17, 15) is 4.39 Å². The molecule has 0 radical (unpaired) electrons. The van der Waals surface area contributed by atoms with E-state index in [1.165, 1.54) is 12.2 Å². The van der Waals surface area contributed by atoms with Gasteiger partial charge in [0.25, 0.3) is 0 Å². The normalized spacial score (nSPS) is 12.4. The second-order valence-electron chi connectivity index (χ2n) is 5.03. The third-order valence-electron chi connectivity index (χ3n) is 3.16. The molecule has 0 spiro atoms. The van der Waals surface area contributed by atoms with Crippen LogP contribution in [0.3, 0.4) is 0 Å². The lowest BCUT2D eigenvalue weighted by Crippen LogP contribution is -2.24. The molecule has 0 fully saturated rings. The summed E-state index contributed by atoms with van der Waals surface area (Å²) in [7, 11) is 0. The summed E-state index contributed by atoms with van der Waals surface area (Å²) < 4.78 is 13.5. The second kappa shape index (κ2) is 12.0. The van der Waals surface area contributed by atoms with Crippen molar-refractivity contribution in [1.29, 1.82) is 0 Å². The Labute approximate surface area is 154 Å². The summed E-state index contributed by atoms with van der Waals surface area (Å²) in [6, 6.07) is 3.56. The van der Waals surface area contributed by atoms with Crippen LogP contribution in [0, 0.1) is 0 Å². The van der Waals surface area contributed by atoms with E-state index in [4.69, 9.17) is 11.6 Å². The number of aromatic nitrogens is 1. The zero-order chi connectivity index (χ0) is 18.5. The number of aliphatic imine (C=N–C) groups is 1. The number of hydrogen-bond acceptors (Lipinski definition) is 3. The van der Waals surface area contributed by atoms with Gasteiger partial charge in [0.2, 0.25) is 0 Å². The van der Waals surface area contributed by atoms with Gasteiger partial charge in [-0.15, -0.1) is 0 Å². The first-order valence-electron chi connectivity index (χ1n) is 7.95. The molecule has 1 heterocycles. The van der Waals surface area contributed by atoms with E-state index in [0.29, 0.717) is 24.7 Å². The largest absolute Gasteiger partial charge is 0.362 e. The molecule has 0 aromatic carbocycles. The molecule has 0 saturated heterocycles. The average Bonchev–Trinajstić information content (AvgIpc) is 2.60. The van der Waals surface area contributed by atoms with Crippen LogP contribution in [0.15, 0.2) is 78.9 Å². The van der Waals surface area contributed by atoms with E-state index < -0.39 is 0 Å². The van der Waals surface area contributed by atoms with E-state index in [0.717, 1.165) is 11.3 Å². The van der Waals surface area contributed by atoms with E-state index in [1.54, 1.807) is 42.9 Å². The number of pyridine rings is 1. The Balaban J connectivity index is 2.85. The molecule has 0 amide bonds. The van der Waals surface area contributed by atoms with Crippen LogP contribution in [-0.2, 0) is 0 Å². The molecule has 0 aliphatic rings. The Morgan fingerprint density at radius 3 is 2.84 bits per heavy atom. The minimum absolute atomic E-state index is 0.246. The van der Waals surface area contributed by atoms with Crippen molar-refractivity contribution in [2.75, 3.05) is 13.1 Å². The van der Waals surface area contributed by atoms with E-state index >= 15 is 0 Å². The zero-order valence-corrected chi connectivity index (χ0v) is 15.2. The Hall–Kier alpha value is -2.46. The maximum atomic E-state index is 13.5. The van der Waals surface area contributed by atoms with Crippen molar-refractivity contribution in [3.8, 4) is 0 Å². The summed E-state index contributed by atoms with van der Waals surface area (Å²) in [6.45, 7) is 10.6. The number of rotatable bonds is 10. The molecular formula is C20H23ClFN3. The standard InChI is InChI=1S/C20H23ClFN3/c1-4-6-12-23-13-15-25(14-7-9-19(22)8-5-2)17(3)18-10-11-20(21)24-16-18/h4,6-13,16H,1,3,5,14-15H2,2H3/b9-7-,12-6-,19-8+,23-13+. The van der Waals surface area contributed by atoms with Crippen LogP contribution >= 0.6 is 11.6 Å². The van der Waals surface area contributed by atoms with Crippen molar-refractivity contribution in [1.82, 2.24) is 9.88 Å². The molecule has 1 aromatic rings. The highest BCUT2D eigenvalue weighted by Gasteiger charge is 2.08. The van der Waals surface area contributed by atoms with Gasteiger partial charge >= 0.3 is 0 Å². The molecule has 132 valence electrons. The topological polar surface area (TPSA) is 28.5 Å². The molecule has 3 nitrogen and oxygen atoms in total. The summed E-state index contributed by atoms with van der Waals surface area (Å²) in [5, 5.41) is 0.422. The summed E-state index contributed by atoms with van der Waals surface area (Å²) >= 11 is 5.83. The smallest absolute Gasteiger partial charge is 0.129 e. The summed E-state index contributed by atoms with van der Waals surface area (Å²) in [6.07, 6.45) is 13.8. The third kappa shape index (κ3) is 8.27. The molecule has 0 N–H and O–H groups in total. The first-order chi connectivity index (χ1) is 12.1. The molecular weight excluding hydrogens is 337 g/mol.